The molecule has 6 heteroatoms. The molecule has 0 aliphatic carbocycles. The third-order valence-electron chi connectivity index (χ3n) is 5.33. The summed E-state index contributed by atoms with van der Waals surface area (Å²) in [6.07, 6.45) is 7.18. The van der Waals surface area contributed by atoms with Gasteiger partial charge in [0.2, 0.25) is 11.8 Å². The SMILES string of the molecule is O=C(NCCCN1CCCCCC1=O)c1ccc(N2CCCCC2=O)cc1. The number of carbonyl (C=O) groups is 3. The Morgan fingerprint density at radius 2 is 1.59 bits per heavy atom. The molecule has 1 N–H and O–H groups in total. The third kappa shape index (κ3) is 5.31. The fourth-order valence-electron chi connectivity index (χ4n) is 3.72. The first-order valence-corrected chi connectivity index (χ1v) is 10.1. The second-order valence-electron chi connectivity index (χ2n) is 7.35. The van der Waals surface area contributed by atoms with Crippen LogP contribution in [-0.2, 0) is 9.59 Å². The topological polar surface area (TPSA) is 69.7 Å². The van der Waals surface area contributed by atoms with Gasteiger partial charge in [0.15, 0.2) is 0 Å². The Balaban J connectivity index is 1.44. The van der Waals surface area contributed by atoms with E-state index < -0.39 is 0 Å². The molecule has 2 heterocycles. The van der Waals surface area contributed by atoms with Gasteiger partial charge in [0.25, 0.3) is 5.91 Å². The van der Waals surface area contributed by atoms with Crippen LogP contribution < -0.4 is 10.2 Å². The molecule has 6 nitrogen and oxygen atoms in total. The van der Waals surface area contributed by atoms with Crippen LogP contribution in [0.25, 0.3) is 0 Å². The Kier molecular flexibility index (Phi) is 6.85. The Morgan fingerprint density at radius 3 is 2.37 bits per heavy atom. The van der Waals surface area contributed by atoms with Crippen molar-refractivity contribution in [3.8, 4) is 0 Å². The quantitative estimate of drug-likeness (QED) is 0.782. The summed E-state index contributed by atoms with van der Waals surface area (Å²) in [5.41, 5.74) is 1.45. The standard InChI is InChI=1S/C21H29N3O3/c25-19-7-2-1-4-14-23(19)15-6-13-22-21(27)17-9-11-18(12-10-17)24-16-5-3-8-20(24)26/h9-12H,1-8,13-16H2,(H,22,27). The summed E-state index contributed by atoms with van der Waals surface area (Å²) in [6.45, 7) is 2.84. The Hall–Kier alpha value is -2.37. The molecule has 0 unspecified atom stereocenters. The van der Waals surface area contributed by atoms with Gasteiger partial charge in [0.05, 0.1) is 0 Å². The predicted octanol–water partition coefficient (Wildman–Crippen LogP) is 2.73. The molecule has 146 valence electrons. The van der Waals surface area contributed by atoms with Gasteiger partial charge in [0, 0.05) is 50.3 Å². The lowest BCUT2D eigenvalue weighted by Gasteiger charge is -2.26. The second-order valence-corrected chi connectivity index (χ2v) is 7.35. The minimum Gasteiger partial charge on any atom is -0.352 e. The van der Waals surface area contributed by atoms with E-state index in [0.29, 0.717) is 31.5 Å². The monoisotopic (exact) mass is 371 g/mol. The fourth-order valence-corrected chi connectivity index (χ4v) is 3.72. The molecule has 0 saturated carbocycles. The molecule has 2 saturated heterocycles. The van der Waals surface area contributed by atoms with E-state index >= 15 is 0 Å². The van der Waals surface area contributed by atoms with Gasteiger partial charge in [-0.3, -0.25) is 14.4 Å². The van der Waals surface area contributed by atoms with Crippen molar-refractivity contribution in [3.05, 3.63) is 29.8 Å². The van der Waals surface area contributed by atoms with Crippen LogP contribution >= 0.6 is 0 Å². The summed E-state index contributed by atoms with van der Waals surface area (Å²) < 4.78 is 0. The van der Waals surface area contributed by atoms with Gasteiger partial charge in [-0.05, 0) is 56.4 Å². The molecule has 2 aliphatic rings. The largest absolute Gasteiger partial charge is 0.352 e. The molecule has 1 aromatic carbocycles. The molecule has 0 bridgehead atoms. The first-order valence-electron chi connectivity index (χ1n) is 10.1. The maximum absolute atomic E-state index is 12.3. The number of hydrogen-bond acceptors (Lipinski definition) is 3. The zero-order valence-corrected chi connectivity index (χ0v) is 15.9. The summed E-state index contributed by atoms with van der Waals surface area (Å²) in [7, 11) is 0. The van der Waals surface area contributed by atoms with Crippen molar-refractivity contribution in [2.75, 3.05) is 31.1 Å². The van der Waals surface area contributed by atoms with E-state index in [-0.39, 0.29) is 17.7 Å². The number of hydrogen-bond donors (Lipinski definition) is 1. The van der Waals surface area contributed by atoms with E-state index in [4.69, 9.17) is 0 Å². The predicted molar refractivity (Wildman–Crippen MR) is 105 cm³/mol. The number of anilines is 1. The van der Waals surface area contributed by atoms with Crippen molar-refractivity contribution < 1.29 is 14.4 Å². The number of piperidine rings is 1. The highest BCUT2D eigenvalue weighted by Crippen LogP contribution is 2.21. The second kappa shape index (κ2) is 9.53. The minimum atomic E-state index is -0.117. The molecule has 3 rings (SSSR count). The number of carbonyl (C=O) groups excluding carboxylic acids is 3. The summed E-state index contributed by atoms with van der Waals surface area (Å²) in [6, 6.07) is 7.22. The maximum Gasteiger partial charge on any atom is 0.251 e. The van der Waals surface area contributed by atoms with E-state index in [1.54, 1.807) is 17.0 Å². The average molecular weight is 371 g/mol. The van der Waals surface area contributed by atoms with Gasteiger partial charge >= 0.3 is 0 Å². The first kappa shape index (κ1) is 19.4. The molecule has 27 heavy (non-hydrogen) atoms. The van der Waals surface area contributed by atoms with Crippen molar-refractivity contribution in [1.29, 1.82) is 0 Å². The molecule has 0 radical (unpaired) electrons. The van der Waals surface area contributed by atoms with Crippen molar-refractivity contribution in [2.24, 2.45) is 0 Å². The summed E-state index contributed by atoms with van der Waals surface area (Å²) >= 11 is 0. The van der Waals surface area contributed by atoms with Crippen molar-refractivity contribution >= 4 is 23.4 Å². The Labute approximate surface area is 160 Å². The van der Waals surface area contributed by atoms with Crippen LogP contribution in [0.2, 0.25) is 0 Å². The molecule has 2 aliphatic heterocycles. The summed E-state index contributed by atoms with van der Waals surface area (Å²) in [4.78, 5) is 40.0. The number of benzene rings is 1. The zero-order valence-electron chi connectivity index (χ0n) is 15.9. The van der Waals surface area contributed by atoms with Crippen LogP contribution in [0, 0.1) is 0 Å². The first-order chi connectivity index (χ1) is 13.1. The average Bonchev–Trinajstić information content (AvgIpc) is 2.90. The van der Waals surface area contributed by atoms with Crippen molar-refractivity contribution in [1.82, 2.24) is 10.2 Å². The molecule has 0 aromatic heterocycles. The Morgan fingerprint density at radius 1 is 0.889 bits per heavy atom. The summed E-state index contributed by atoms with van der Waals surface area (Å²) in [5.74, 6) is 0.275. The van der Waals surface area contributed by atoms with E-state index in [9.17, 15) is 14.4 Å². The lowest BCUT2D eigenvalue weighted by molar-refractivity contribution is -0.130. The Bertz CT molecular complexity index is 672. The fraction of sp³-hybridized carbons (Fsp3) is 0.571. The van der Waals surface area contributed by atoms with Crippen LogP contribution in [0.1, 0.15) is 61.7 Å². The normalized spacial score (nSPS) is 18.4. The van der Waals surface area contributed by atoms with Crippen LogP contribution in [0.3, 0.4) is 0 Å². The molecular formula is C21H29N3O3. The number of nitrogens with zero attached hydrogens (tertiary/aromatic N) is 2. The van der Waals surface area contributed by atoms with Crippen LogP contribution in [0.5, 0.6) is 0 Å². The lowest BCUT2D eigenvalue weighted by Crippen LogP contribution is -2.35. The summed E-state index contributed by atoms with van der Waals surface area (Å²) in [5, 5.41) is 2.92. The molecular weight excluding hydrogens is 342 g/mol. The van der Waals surface area contributed by atoms with Crippen LogP contribution in [0.15, 0.2) is 24.3 Å². The van der Waals surface area contributed by atoms with Crippen LogP contribution in [-0.4, -0.2) is 48.8 Å². The van der Waals surface area contributed by atoms with Crippen molar-refractivity contribution in [2.45, 2.75) is 51.4 Å². The van der Waals surface area contributed by atoms with Crippen LogP contribution in [0.4, 0.5) is 5.69 Å². The molecule has 2 fully saturated rings. The molecule has 0 spiro atoms. The van der Waals surface area contributed by atoms with E-state index in [1.807, 2.05) is 17.0 Å². The number of amides is 3. The van der Waals surface area contributed by atoms with Gasteiger partial charge in [-0.25, -0.2) is 0 Å². The highest BCUT2D eigenvalue weighted by atomic mass is 16.2. The zero-order chi connectivity index (χ0) is 19.1. The molecule has 1 aromatic rings. The maximum atomic E-state index is 12.3. The lowest BCUT2D eigenvalue weighted by atomic mass is 10.1. The van der Waals surface area contributed by atoms with Gasteiger partial charge < -0.3 is 15.1 Å². The molecule has 0 atom stereocenters. The highest BCUT2D eigenvalue weighted by Gasteiger charge is 2.20. The van der Waals surface area contributed by atoms with Gasteiger partial charge in [0.1, 0.15) is 0 Å². The highest BCUT2D eigenvalue weighted by molar-refractivity contribution is 5.96. The number of nitrogens with one attached hydrogen (secondary N) is 1. The molecule has 3 amide bonds. The number of rotatable bonds is 6. The smallest absolute Gasteiger partial charge is 0.251 e. The van der Waals surface area contributed by atoms with E-state index in [0.717, 1.165) is 57.3 Å². The van der Waals surface area contributed by atoms with E-state index in [2.05, 4.69) is 5.32 Å². The van der Waals surface area contributed by atoms with E-state index in [1.165, 1.54) is 0 Å². The van der Waals surface area contributed by atoms with Gasteiger partial charge in [-0.1, -0.05) is 6.42 Å². The van der Waals surface area contributed by atoms with Crippen molar-refractivity contribution in [3.63, 3.8) is 0 Å². The van der Waals surface area contributed by atoms with Gasteiger partial charge in [-0.2, -0.15) is 0 Å². The number of likely N-dealkylation sites (tertiary alicyclic amines) is 1. The third-order valence-corrected chi connectivity index (χ3v) is 5.33. The van der Waals surface area contributed by atoms with Gasteiger partial charge in [-0.15, -0.1) is 0 Å². The minimum absolute atomic E-state index is 0.117.